The molecule has 1 N–H and O–H groups in total. The van der Waals surface area contributed by atoms with Gasteiger partial charge in [-0.3, -0.25) is 14.8 Å². The highest BCUT2D eigenvalue weighted by Crippen LogP contribution is 2.30. The van der Waals surface area contributed by atoms with Gasteiger partial charge < -0.3 is 4.57 Å². The summed E-state index contributed by atoms with van der Waals surface area (Å²) in [5, 5.41) is 6.76. The van der Waals surface area contributed by atoms with Crippen molar-refractivity contribution in [3.05, 3.63) is 87.9 Å². The van der Waals surface area contributed by atoms with Gasteiger partial charge in [0.25, 0.3) is 5.91 Å². The molecule has 0 fully saturated rings. The van der Waals surface area contributed by atoms with E-state index in [4.69, 9.17) is 0 Å². The van der Waals surface area contributed by atoms with Crippen molar-refractivity contribution in [3.8, 4) is 11.3 Å². The third-order valence-corrected chi connectivity index (χ3v) is 6.04. The molecule has 0 saturated carbocycles. The summed E-state index contributed by atoms with van der Waals surface area (Å²) in [6.07, 6.45) is -2.80. The molecule has 0 radical (unpaired) electrons. The Kier molecular flexibility index (Phi) is 6.27. The third-order valence-electron chi connectivity index (χ3n) is 6.04. The van der Waals surface area contributed by atoms with Crippen molar-refractivity contribution in [1.82, 2.24) is 19.3 Å². The molecule has 9 heteroatoms. The second-order valence-electron chi connectivity index (χ2n) is 8.76. The normalized spacial score (nSPS) is 11.7. The van der Waals surface area contributed by atoms with Crippen molar-refractivity contribution in [2.45, 2.75) is 40.4 Å². The lowest BCUT2D eigenvalue weighted by molar-refractivity contribution is -0.144. The van der Waals surface area contributed by atoms with Crippen LogP contribution in [0.1, 0.15) is 44.0 Å². The molecule has 2 aromatic heterocycles. The number of aryl methyl sites for hydroxylation is 4. The second kappa shape index (κ2) is 9.05. The Bertz CT molecular complexity index is 1420. The number of benzene rings is 2. The van der Waals surface area contributed by atoms with E-state index in [1.54, 1.807) is 35.0 Å². The zero-order valence-corrected chi connectivity index (χ0v) is 20.2. The van der Waals surface area contributed by atoms with Crippen LogP contribution in [0.3, 0.4) is 0 Å². The number of hydrogen-bond donors (Lipinski definition) is 1. The molecular formula is C26H26F3N5O. The summed E-state index contributed by atoms with van der Waals surface area (Å²) < 4.78 is 42.6. The van der Waals surface area contributed by atoms with Gasteiger partial charge in [-0.05, 0) is 74.2 Å². The van der Waals surface area contributed by atoms with E-state index in [1.165, 1.54) is 12.5 Å². The first-order valence-electron chi connectivity index (χ1n) is 11.1. The number of halogens is 3. The molecule has 0 saturated heterocycles. The highest BCUT2D eigenvalue weighted by molar-refractivity contribution is 6.03. The van der Waals surface area contributed by atoms with Crippen LogP contribution in [0.25, 0.3) is 11.3 Å². The second-order valence-corrected chi connectivity index (χ2v) is 8.76. The number of hydrogen-bond acceptors (Lipinski definition) is 3. The van der Waals surface area contributed by atoms with E-state index in [0.717, 1.165) is 33.1 Å². The lowest BCUT2D eigenvalue weighted by Crippen LogP contribution is -2.17. The lowest BCUT2D eigenvalue weighted by atomic mass is 9.99. The number of carbonyl (C=O) groups is 1. The number of nitrogens with zero attached hydrogens (tertiary/aromatic N) is 4. The van der Waals surface area contributed by atoms with E-state index in [0.29, 0.717) is 17.1 Å². The maximum atomic E-state index is 13.3. The molecule has 0 atom stereocenters. The molecule has 0 bridgehead atoms. The molecule has 0 unspecified atom stereocenters. The smallest absolute Gasteiger partial charge is 0.313 e. The summed E-state index contributed by atoms with van der Waals surface area (Å²) in [5.41, 5.74) is 5.65. The van der Waals surface area contributed by atoms with Crippen LogP contribution in [0.4, 0.5) is 19.1 Å². The largest absolute Gasteiger partial charge is 0.433 e. The van der Waals surface area contributed by atoms with Crippen molar-refractivity contribution < 1.29 is 18.0 Å². The number of rotatable bonds is 5. The summed E-state index contributed by atoms with van der Waals surface area (Å²) in [7, 11) is 1.82. The number of anilines is 1. The standard InChI is InChI=1S/C26H26F3N5O/c1-15-9-17(3)21(10-16(15)2)22-13-30-25(33(22)5)31-24(35)20-8-6-7-19(12-20)14-34-23(26(27,28)29)11-18(4)32-34/h6-13H,14H2,1-5H3,(H,30,31,35). The van der Waals surface area contributed by atoms with E-state index in [2.05, 4.69) is 34.5 Å². The average Bonchev–Trinajstić information content (AvgIpc) is 3.33. The van der Waals surface area contributed by atoms with Crippen LogP contribution in [-0.4, -0.2) is 25.2 Å². The third kappa shape index (κ3) is 4.99. The maximum Gasteiger partial charge on any atom is 0.433 e. The van der Waals surface area contributed by atoms with Crippen LogP contribution in [-0.2, 0) is 19.8 Å². The highest BCUT2D eigenvalue weighted by Gasteiger charge is 2.35. The monoisotopic (exact) mass is 481 g/mol. The van der Waals surface area contributed by atoms with Crippen molar-refractivity contribution in [1.29, 1.82) is 0 Å². The SMILES string of the molecule is Cc1cc(C(F)(F)F)n(Cc2cccc(C(=O)Nc3ncc(-c4cc(C)c(C)cc4C)n3C)c2)n1. The first-order chi connectivity index (χ1) is 16.4. The fourth-order valence-corrected chi connectivity index (χ4v) is 4.06. The zero-order valence-electron chi connectivity index (χ0n) is 20.2. The number of amides is 1. The van der Waals surface area contributed by atoms with Gasteiger partial charge >= 0.3 is 6.18 Å². The van der Waals surface area contributed by atoms with Crippen molar-refractivity contribution in [3.63, 3.8) is 0 Å². The van der Waals surface area contributed by atoms with Gasteiger partial charge in [0.2, 0.25) is 5.95 Å². The van der Waals surface area contributed by atoms with Gasteiger partial charge in [-0.25, -0.2) is 4.98 Å². The summed E-state index contributed by atoms with van der Waals surface area (Å²) in [4.78, 5) is 17.3. The minimum Gasteiger partial charge on any atom is -0.313 e. The fraction of sp³-hybridized carbons (Fsp3) is 0.269. The minimum absolute atomic E-state index is 0.109. The molecule has 4 rings (SSSR count). The van der Waals surface area contributed by atoms with E-state index in [-0.39, 0.29) is 12.2 Å². The van der Waals surface area contributed by atoms with Crippen molar-refractivity contribution in [2.24, 2.45) is 7.05 Å². The van der Waals surface area contributed by atoms with Crippen LogP contribution in [0.5, 0.6) is 0 Å². The predicted octanol–water partition coefficient (Wildman–Crippen LogP) is 5.84. The molecule has 182 valence electrons. The molecular weight excluding hydrogens is 455 g/mol. The minimum atomic E-state index is -4.51. The summed E-state index contributed by atoms with van der Waals surface area (Å²) in [6, 6.07) is 11.7. The molecule has 0 aliphatic heterocycles. The Labute approximate surface area is 201 Å². The van der Waals surface area contributed by atoms with Gasteiger partial charge in [0.1, 0.15) is 5.69 Å². The molecule has 4 aromatic rings. The summed E-state index contributed by atoms with van der Waals surface area (Å²) >= 11 is 0. The van der Waals surface area contributed by atoms with Gasteiger partial charge in [-0.2, -0.15) is 18.3 Å². The molecule has 1 amide bonds. The van der Waals surface area contributed by atoms with Crippen LogP contribution < -0.4 is 5.32 Å². The average molecular weight is 482 g/mol. The Balaban J connectivity index is 1.56. The Hall–Kier alpha value is -3.88. The summed E-state index contributed by atoms with van der Waals surface area (Å²) in [6.45, 7) is 7.54. The van der Waals surface area contributed by atoms with E-state index < -0.39 is 17.8 Å². The van der Waals surface area contributed by atoms with E-state index in [9.17, 15) is 18.0 Å². The highest BCUT2D eigenvalue weighted by atomic mass is 19.4. The van der Waals surface area contributed by atoms with Crippen LogP contribution >= 0.6 is 0 Å². The van der Waals surface area contributed by atoms with Crippen LogP contribution in [0, 0.1) is 27.7 Å². The zero-order chi connectivity index (χ0) is 25.5. The molecule has 2 aromatic carbocycles. The quantitative estimate of drug-likeness (QED) is 0.390. The van der Waals surface area contributed by atoms with Crippen LogP contribution in [0.2, 0.25) is 0 Å². The van der Waals surface area contributed by atoms with Crippen molar-refractivity contribution >= 4 is 11.9 Å². The fourth-order valence-electron chi connectivity index (χ4n) is 4.06. The number of alkyl halides is 3. The first kappa shape index (κ1) is 24.3. The molecule has 6 nitrogen and oxygen atoms in total. The summed E-state index contributed by atoms with van der Waals surface area (Å²) in [5.74, 6) is -0.0355. The van der Waals surface area contributed by atoms with Crippen LogP contribution in [0.15, 0.2) is 48.7 Å². The van der Waals surface area contributed by atoms with Gasteiger partial charge in [-0.1, -0.05) is 18.2 Å². The molecule has 0 aliphatic carbocycles. The number of nitrogens with one attached hydrogen (secondary N) is 1. The van der Waals surface area contributed by atoms with Gasteiger partial charge in [0, 0.05) is 18.2 Å². The Morgan fingerprint density at radius 2 is 1.71 bits per heavy atom. The Morgan fingerprint density at radius 1 is 1.00 bits per heavy atom. The van der Waals surface area contributed by atoms with E-state index >= 15 is 0 Å². The molecule has 2 heterocycles. The van der Waals surface area contributed by atoms with E-state index in [1.807, 2.05) is 20.9 Å². The lowest BCUT2D eigenvalue weighted by Gasteiger charge is -2.12. The van der Waals surface area contributed by atoms with Crippen molar-refractivity contribution in [2.75, 3.05) is 5.32 Å². The van der Waals surface area contributed by atoms with Gasteiger partial charge in [0.15, 0.2) is 0 Å². The molecule has 0 spiro atoms. The number of aromatic nitrogens is 4. The van der Waals surface area contributed by atoms with Gasteiger partial charge in [0.05, 0.1) is 24.1 Å². The number of imidazole rings is 1. The Morgan fingerprint density at radius 3 is 2.43 bits per heavy atom. The topological polar surface area (TPSA) is 64.7 Å². The van der Waals surface area contributed by atoms with Gasteiger partial charge in [-0.15, -0.1) is 0 Å². The molecule has 35 heavy (non-hydrogen) atoms. The first-order valence-corrected chi connectivity index (χ1v) is 11.1. The number of carbonyl (C=O) groups excluding carboxylic acids is 1. The molecule has 0 aliphatic rings. The predicted molar refractivity (Wildman–Crippen MR) is 128 cm³/mol. The maximum absolute atomic E-state index is 13.3.